The summed E-state index contributed by atoms with van der Waals surface area (Å²) in [7, 11) is -3.15. The fourth-order valence-corrected chi connectivity index (χ4v) is 6.69. The van der Waals surface area contributed by atoms with E-state index in [1.165, 1.54) is 17.4 Å². The van der Waals surface area contributed by atoms with Crippen LogP contribution >= 0.6 is 11.3 Å². The summed E-state index contributed by atoms with van der Waals surface area (Å²) in [4.78, 5) is 7.11. The lowest BCUT2D eigenvalue weighted by Crippen LogP contribution is -2.49. The molecule has 164 valence electrons. The minimum absolute atomic E-state index is 0.0668. The molecule has 2 fully saturated rings. The molecule has 8 heteroatoms. The maximum absolute atomic E-state index is 11.6. The molecule has 0 unspecified atom stereocenters. The molecule has 2 aliphatic rings. The Balaban J connectivity index is 1.22. The van der Waals surface area contributed by atoms with Gasteiger partial charge in [-0.25, -0.2) is 18.1 Å². The summed E-state index contributed by atoms with van der Waals surface area (Å²) in [5.41, 5.74) is 3.43. The molecule has 5 rings (SSSR count). The third-order valence-electron chi connectivity index (χ3n) is 6.28. The molecule has 2 aliphatic heterocycles. The minimum Gasteiger partial charge on any atom is -0.431 e. The van der Waals surface area contributed by atoms with E-state index >= 15 is 0 Å². The Kier molecular flexibility index (Phi) is 5.50. The van der Waals surface area contributed by atoms with Crippen molar-refractivity contribution in [3.8, 4) is 10.9 Å². The van der Waals surface area contributed by atoms with Crippen LogP contribution in [0.1, 0.15) is 36.8 Å². The highest BCUT2D eigenvalue weighted by atomic mass is 32.2. The number of nitrogens with zero attached hydrogens (tertiary/aromatic N) is 2. The fraction of sp³-hybridized carbons (Fsp3) is 0.435. The first-order valence-electron chi connectivity index (χ1n) is 10.7. The van der Waals surface area contributed by atoms with E-state index < -0.39 is 10.0 Å². The van der Waals surface area contributed by atoms with E-state index in [2.05, 4.69) is 45.8 Å². The Bertz CT molecular complexity index is 1180. The number of benzene rings is 2. The van der Waals surface area contributed by atoms with Gasteiger partial charge in [-0.3, -0.25) is 4.90 Å². The van der Waals surface area contributed by atoms with Crippen molar-refractivity contribution in [3.05, 3.63) is 53.6 Å². The highest BCUT2D eigenvalue weighted by molar-refractivity contribution is 7.88. The molecular weight excluding hydrogens is 430 g/mol. The maximum Gasteiger partial charge on any atom is 0.279 e. The van der Waals surface area contributed by atoms with Crippen molar-refractivity contribution in [1.82, 2.24) is 14.6 Å². The van der Waals surface area contributed by atoms with E-state index in [-0.39, 0.29) is 6.04 Å². The van der Waals surface area contributed by atoms with Gasteiger partial charge in [0, 0.05) is 24.7 Å². The van der Waals surface area contributed by atoms with Gasteiger partial charge in [-0.1, -0.05) is 29.5 Å². The van der Waals surface area contributed by atoms with Crippen LogP contribution in [0.2, 0.25) is 0 Å². The number of piperidine rings is 1. The molecule has 6 nitrogen and oxygen atoms in total. The summed E-state index contributed by atoms with van der Waals surface area (Å²) in [6.07, 6.45) is 5.32. The number of aromatic nitrogens is 1. The number of nitrogens with one attached hydrogen (secondary N) is 1. The SMILES string of the molecule is Cc1ccc2nc(Oc3ccc(CN4[C@@H]5CC[C@H]4C[C@H](NS(C)(=O)=O)C5)cc3)sc2c1. The van der Waals surface area contributed by atoms with E-state index in [0.29, 0.717) is 17.3 Å². The van der Waals surface area contributed by atoms with E-state index in [9.17, 15) is 8.42 Å². The summed E-state index contributed by atoms with van der Waals surface area (Å²) in [5, 5.41) is 0.659. The molecule has 0 spiro atoms. The zero-order valence-electron chi connectivity index (χ0n) is 17.7. The van der Waals surface area contributed by atoms with Gasteiger partial charge in [0.1, 0.15) is 5.75 Å². The number of ether oxygens (including phenoxy) is 1. The number of sulfonamides is 1. The van der Waals surface area contributed by atoms with E-state index in [4.69, 9.17) is 4.74 Å². The van der Waals surface area contributed by atoms with Crippen molar-refractivity contribution in [2.45, 2.75) is 57.3 Å². The van der Waals surface area contributed by atoms with Gasteiger partial charge in [-0.15, -0.1) is 0 Å². The second-order valence-electron chi connectivity index (χ2n) is 8.81. The Labute approximate surface area is 187 Å². The first-order chi connectivity index (χ1) is 14.8. The quantitative estimate of drug-likeness (QED) is 0.592. The fourth-order valence-electron chi connectivity index (χ4n) is 4.96. The molecule has 2 bridgehead atoms. The van der Waals surface area contributed by atoms with Crippen LogP contribution in [0.3, 0.4) is 0 Å². The number of fused-ring (bicyclic) bond motifs is 3. The minimum atomic E-state index is -3.15. The number of aryl methyl sites for hydroxylation is 1. The number of hydrogen-bond donors (Lipinski definition) is 1. The second-order valence-corrected chi connectivity index (χ2v) is 11.6. The van der Waals surface area contributed by atoms with Crippen LogP contribution < -0.4 is 9.46 Å². The average Bonchev–Trinajstić information content (AvgIpc) is 3.18. The topological polar surface area (TPSA) is 71.5 Å². The number of hydrogen-bond acceptors (Lipinski definition) is 6. The smallest absolute Gasteiger partial charge is 0.279 e. The predicted molar refractivity (Wildman–Crippen MR) is 124 cm³/mol. The molecule has 2 saturated heterocycles. The molecule has 1 aromatic heterocycles. The summed E-state index contributed by atoms with van der Waals surface area (Å²) >= 11 is 1.56. The Morgan fingerprint density at radius 2 is 1.84 bits per heavy atom. The van der Waals surface area contributed by atoms with Crippen LogP contribution in [0.15, 0.2) is 42.5 Å². The van der Waals surface area contributed by atoms with Gasteiger partial charge in [0.15, 0.2) is 0 Å². The Morgan fingerprint density at radius 1 is 1.13 bits per heavy atom. The third-order valence-corrected chi connectivity index (χ3v) is 7.94. The Hall–Kier alpha value is -2.00. The molecule has 3 heterocycles. The van der Waals surface area contributed by atoms with Crippen LogP contribution in [0.25, 0.3) is 10.2 Å². The van der Waals surface area contributed by atoms with Gasteiger partial charge < -0.3 is 4.74 Å². The van der Waals surface area contributed by atoms with E-state index in [0.717, 1.165) is 48.2 Å². The van der Waals surface area contributed by atoms with Crippen LogP contribution in [-0.2, 0) is 16.6 Å². The summed E-state index contributed by atoms with van der Waals surface area (Å²) in [5.74, 6) is 0.790. The lowest BCUT2D eigenvalue weighted by molar-refractivity contribution is 0.116. The normalized spacial score (nSPS) is 24.0. The number of thiazole rings is 1. The Morgan fingerprint density at radius 3 is 2.52 bits per heavy atom. The molecule has 0 saturated carbocycles. The second kappa shape index (κ2) is 8.16. The lowest BCUT2D eigenvalue weighted by atomic mass is 9.97. The standard InChI is InChI=1S/C23H27N3O3S2/c1-15-3-10-21-22(11-15)30-23(24-21)29-20-8-4-16(5-9-20)14-26-18-6-7-19(26)13-17(12-18)25-31(2,27)28/h3-5,8-11,17-19,25H,6-7,12-14H2,1-2H3/t17-,18-,19+. The largest absolute Gasteiger partial charge is 0.431 e. The van der Waals surface area contributed by atoms with Gasteiger partial charge in [0.05, 0.1) is 16.5 Å². The first-order valence-corrected chi connectivity index (χ1v) is 13.4. The van der Waals surface area contributed by atoms with Gasteiger partial charge in [-0.05, 0) is 68.0 Å². The van der Waals surface area contributed by atoms with Crippen molar-refractivity contribution in [2.24, 2.45) is 0 Å². The van der Waals surface area contributed by atoms with Crippen LogP contribution in [-0.4, -0.2) is 42.7 Å². The molecule has 31 heavy (non-hydrogen) atoms. The van der Waals surface area contributed by atoms with Crippen molar-refractivity contribution in [2.75, 3.05) is 6.26 Å². The van der Waals surface area contributed by atoms with Crippen LogP contribution in [0, 0.1) is 6.92 Å². The van der Waals surface area contributed by atoms with E-state index in [1.54, 1.807) is 11.3 Å². The van der Waals surface area contributed by atoms with E-state index in [1.807, 2.05) is 18.2 Å². The monoisotopic (exact) mass is 457 g/mol. The van der Waals surface area contributed by atoms with Crippen molar-refractivity contribution < 1.29 is 13.2 Å². The van der Waals surface area contributed by atoms with Crippen LogP contribution in [0.4, 0.5) is 0 Å². The maximum atomic E-state index is 11.6. The van der Waals surface area contributed by atoms with Gasteiger partial charge in [0.2, 0.25) is 10.0 Å². The predicted octanol–water partition coefficient (Wildman–Crippen LogP) is 4.44. The lowest BCUT2D eigenvalue weighted by Gasteiger charge is -2.39. The molecule has 3 atom stereocenters. The molecule has 0 radical (unpaired) electrons. The summed E-state index contributed by atoms with van der Waals surface area (Å²) < 4.78 is 33.1. The first kappa shape index (κ1) is 20.9. The highest BCUT2D eigenvalue weighted by Crippen LogP contribution is 2.37. The van der Waals surface area contributed by atoms with Gasteiger partial charge >= 0.3 is 0 Å². The average molecular weight is 458 g/mol. The zero-order chi connectivity index (χ0) is 21.6. The summed E-state index contributed by atoms with van der Waals surface area (Å²) in [6.45, 7) is 2.97. The van der Waals surface area contributed by atoms with Crippen LogP contribution in [0.5, 0.6) is 10.9 Å². The molecule has 3 aromatic rings. The molecule has 1 N–H and O–H groups in total. The molecular formula is C23H27N3O3S2. The summed E-state index contributed by atoms with van der Waals surface area (Å²) in [6, 6.07) is 15.4. The van der Waals surface area contributed by atoms with Crippen molar-refractivity contribution >= 4 is 31.6 Å². The van der Waals surface area contributed by atoms with Crippen molar-refractivity contribution in [3.63, 3.8) is 0 Å². The molecule has 2 aromatic carbocycles. The zero-order valence-corrected chi connectivity index (χ0v) is 19.4. The van der Waals surface area contributed by atoms with Crippen molar-refractivity contribution in [1.29, 1.82) is 0 Å². The third kappa shape index (κ3) is 4.77. The highest BCUT2D eigenvalue weighted by Gasteiger charge is 2.41. The van der Waals surface area contributed by atoms with Gasteiger partial charge in [0.25, 0.3) is 5.19 Å². The molecule has 0 amide bonds. The van der Waals surface area contributed by atoms with Gasteiger partial charge in [-0.2, -0.15) is 0 Å². The molecule has 0 aliphatic carbocycles. The number of rotatable bonds is 6.